The van der Waals surface area contributed by atoms with Crippen molar-refractivity contribution in [3.8, 4) is 5.75 Å². The average Bonchev–Trinajstić information content (AvgIpc) is 2.59. The number of hydrogen-bond donors (Lipinski definition) is 0. The van der Waals surface area contributed by atoms with Crippen molar-refractivity contribution in [2.45, 2.75) is 34.3 Å². The number of hydrogen-bond acceptors (Lipinski definition) is 3. The van der Waals surface area contributed by atoms with Gasteiger partial charge >= 0.3 is 0 Å². The number of carbonyl (C=O) groups excluding carboxylic acids is 1. The fourth-order valence-electron chi connectivity index (χ4n) is 2.57. The highest BCUT2D eigenvalue weighted by Gasteiger charge is 2.11. The monoisotopic (exact) mass is 325 g/mol. The van der Waals surface area contributed by atoms with Crippen LogP contribution in [0.2, 0.25) is 0 Å². The molecule has 0 aliphatic heterocycles. The van der Waals surface area contributed by atoms with E-state index in [1.54, 1.807) is 0 Å². The molecule has 2 aromatic rings. The van der Waals surface area contributed by atoms with Crippen LogP contribution in [-0.4, -0.2) is 30.3 Å². The first kappa shape index (κ1) is 18.2. The van der Waals surface area contributed by atoms with E-state index in [0.29, 0.717) is 13.2 Å². The van der Waals surface area contributed by atoms with E-state index in [1.165, 1.54) is 5.56 Å². The summed E-state index contributed by atoms with van der Waals surface area (Å²) in [7, 11) is 0. The van der Waals surface area contributed by atoms with Crippen LogP contribution in [0.4, 0.5) is 0 Å². The third-order valence-electron chi connectivity index (χ3n) is 4.27. The molecule has 0 saturated carbocycles. The number of ether oxygens (including phenoxy) is 1. The van der Waals surface area contributed by atoms with E-state index in [4.69, 9.17) is 4.74 Å². The lowest BCUT2D eigenvalue weighted by molar-refractivity contribution is 0.0937. The molecule has 0 fully saturated rings. The van der Waals surface area contributed by atoms with Crippen molar-refractivity contribution in [3.63, 3.8) is 0 Å². The number of rotatable bonds is 8. The second kappa shape index (κ2) is 8.65. The SMILES string of the molecule is CCN(CC)CC(=O)c1ccc(OCc2ccc(C)cc2)c(C)c1. The minimum absolute atomic E-state index is 0.159. The standard InChI is InChI=1S/C21H27NO2/c1-5-22(6-2)14-20(23)19-11-12-21(17(4)13-19)24-15-18-9-7-16(3)8-10-18/h7-13H,5-6,14-15H2,1-4H3. The summed E-state index contributed by atoms with van der Waals surface area (Å²) in [5.74, 6) is 0.988. The van der Waals surface area contributed by atoms with Crippen LogP contribution < -0.4 is 4.74 Å². The van der Waals surface area contributed by atoms with Crippen LogP contribution >= 0.6 is 0 Å². The summed E-state index contributed by atoms with van der Waals surface area (Å²) in [6.45, 7) is 11.0. The molecule has 0 atom stereocenters. The Morgan fingerprint density at radius 1 is 1.00 bits per heavy atom. The molecular weight excluding hydrogens is 298 g/mol. The Morgan fingerprint density at radius 3 is 2.25 bits per heavy atom. The van der Waals surface area contributed by atoms with Crippen LogP contribution in [0.3, 0.4) is 0 Å². The Kier molecular flexibility index (Phi) is 6.56. The van der Waals surface area contributed by atoms with E-state index in [9.17, 15) is 4.79 Å². The first-order valence-corrected chi connectivity index (χ1v) is 8.58. The predicted octanol–water partition coefficient (Wildman–Crippen LogP) is 4.41. The predicted molar refractivity (Wildman–Crippen MR) is 98.8 cm³/mol. The van der Waals surface area contributed by atoms with E-state index in [2.05, 4.69) is 49.9 Å². The molecule has 0 amide bonds. The van der Waals surface area contributed by atoms with E-state index < -0.39 is 0 Å². The van der Waals surface area contributed by atoms with Gasteiger partial charge in [0.05, 0.1) is 6.54 Å². The maximum atomic E-state index is 12.4. The maximum Gasteiger partial charge on any atom is 0.176 e. The molecule has 0 unspecified atom stereocenters. The molecule has 3 heteroatoms. The molecule has 0 saturated heterocycles. The van der Waals surface area contributed by atoms with Gasteiger partial charge < -0.3 is 4.74 Å². The van der Waals surface area contributed by atoms with Crippen LogP contribution in [-0.2, 0) is 6.61 Å². The molecular formula is C21H27NO2. The summed E-state index contributed by atoms with van der Waals surface area (Å²) in [5.41, 5.74) is 4.13. The fraction of sp³-hybridized carbons (Fsp3) is 0.381. The van der Waals surface area contributed by atoms with Crippen molar-refractivity contribution < 1.29 is 9.53 Å². The van der Waals surface area contributed by atoms with E-state index in [1.807, 2.05) is 25.1 Å². The summed E-state index contributed by atoms with van der Waals surface area (Å²) in [6, 6.07) is 14.0. The van der Waals surface area contributed by atoms with Gasteiger partial charge in [0.15, 0.2) is 5.78 Å². The van der Waals surface area contributed by atoms with Gasteiger partial charge in [0.1, 0.15) is 12.4 Å². The lowest BCUT2D eigenvalue weighted by Crippen LogP contribution is -2.29. The molecule has 0 radical (unpaired) electrons. The molecule has 0 N–H and O–H groups in total. The Bertz CT molecular complexity index is 673. The second-order valence-electron chi connectivity index (χ2n) is 6.14. The lowest BCUT2D eigenvalue weighted by Gasteiger charge is -2.17. The van der Waals surface area contributed by atoms with Crippen molar-refractivity contribution in [3.05, 3.63) is 64.7 Å². The number of likely N-dealkylation sites (N-methyl/N-ethyl adjacent to an activating group) is 1. The van der Waals surface area contributed by atoms with E-state index >= 15 is 0 Å². The van der Waals surface area contributed by atoms with Crippen LogP contribution in [0.25, 0.3) is 0 Å². The number of Topliss-reactive ketones (excluding diaryl/α,β-unsaturated/α-hetero) is 1. The zero-order chi connectivity index (χ0) is 17.5. The number of carbonyl (C=O) groups is 1. The largest absolute Gasteiger partial charge is 0.489 e. The van der Waals surface area contributed by atoms with E-state index in [-0.39, 0.29) is 5.78 Å². The summed E-state index contributed by atoms with van der Waals surface area (Å²) in [5, 5.41) is 0. The number of benzene rings is 2. The van der Waals surface area contributed by atoms with Gasteiger partial charge in [0, 0.05) is 5.56 Å². The molecule has 2 aromatic carbocycles. The van der Waals surface area contributed by atoms with Crippen molar-refractivity contribution in [2.75, 3.05) is 19.6 Å². The van der Waals surface area contributed by atoms with Gasteiger partial charge in [-0.1, -0.05) is 43.7 Å². The van der Waals surface area contributed by atoms with Crippen LogP contribution in [0.1, 0.15) is 40.9 Å². The van der Waals surface area contributed by atoms with Gasteiger partial charge in [0.2, 0.25) is 0 Å². The third-order valence-corrected chi connectivity index (χ3v) is 4.27. The lowest BCUT2D eigenvalue weighted by atomic mass is 10.1. The van der Waals surface area contributed by atoms with Gasteiger partial charge in [-0.2, -0.15) is 0 Å². The normalized spacial score (nSPS) is 10.9. The van der Waals surface area contributed by atoms with Crippen LogP contribution in [0, 0.1) is 13.8 Å². The third kappa shape index (κ3) is 4.93. The highest BCUT2D eigenvalue weighted by molar-refractivity contribution is 5.97. The molecule has 3 nitrogen and oxygen atoms in total. The first-order valence-electron chi connectivity index (χ1n) is 8.58. The molecule has 0 aliphatic carbocycles. The van der Waals surface area contributed by atoms with Gasteiger partial charge in [-0.3, -0.25) is 9.69 Å². The zero-order valence-corrected chi connectivity index (χ0v) is 15.1. The first-order chi connectivity index (χ1) is 11.5. The number of nitrogens with zero attached hydrogens (tertiary/aromatic N) is 1. The summed E-state index contributed by atoms with van der Waals surface area (Å²) in [6.07, 6.45) is 0. The summed E-state index contributed by atoms with van der Waals surface area (Å²) >= 11 is 0. The van der Waals surface area contributed by atoms with Gasteiger partial charge in [-0.05, 0) is 56.3 Å². The van der Waals surface area contributed by atoms with Crippen molar-refractivity contribution >= 4 is 5.78 Å². The molecule has 2 rings (SSSR count). The number of ketones is 1. The Balaban J connectivity index is 2.01. The Labute approximate surface area is 145 Å². The minimum atomic E-state index is 0.159. The second-order valence-corrected chi connectivity index (χ2v) is 6.14. The van der Waals surface area contributed by atoms with Crippen molar-refractivity contribution in [1.82, 2.24) is 4.90 Å². The fourth-order valence-corrected chi connectivity index (χ4v) is 2.57. The van der Waals surface area contributed by atoms with Gasteiger partial charge in [0.25, 0.3) is 0 Å². The molecule has 24 heavy (non-hydrogen) atoms. The highest BCUT2D eigenvalue weighted by atomic mass is 16.5. The Morgan fingerprint density at radius 2 is 1.67 bits per heavy atom. The molecule has 0 spiro atoms. The van der Waals surface area contributed by atoms with Gasteiger partial charge in [-0.25, -0.2) is 0 Å². The molecule has 0 bridgehead atoms. The molecule has 0 aliphatic rings. The molecule has 0 aromatic heterocycles. The van der Waals surface area contributed by atoms with Crippen molar-refractivity contribution in [2.24, 2.45) is 0 Å². The summed E-state index contributed by atoms with van der Waals surface area (Å²) < 4.78 is 5.90. The maximum absolute atomic E-state index is 12.4. The van der Waals surface area contributed by atoms with Gasteiger partial charge in [-0.15, -0.1) is 0 Å². The molecule has 128 valence electrons. The zero-order valence-electron chi connectivity index (χ0n) is 15.1. The topological polar surface area (TPSA) is 29.5 Å². The number of aryl methyl sites for hydroxylation is 2. The minimum Gasteiger partial charge on any atom is -0.489 e. The van der Waals surface area contributed by atoms with Crippen LogP contribution in [0.5, 0.6) is 5.75 Å². The van der Waals surface area contributed by atoms with Crippen LogP contribution in [0.15, 0.2) is 42.5 Å². The quantitative estimate of drug-likeness (QED) is 0.673. The van der Waals surface area contributed by atoms with E-state index in [0.717, 1.165) is 35.5 Å². The van der Waals surface area contributed by atoms with Crippen molar-refractivity contribution in [1.29, 1.82) is 0 Å². The highest BCUT2D eigenvalue weighted by Crippen LogP contribution is 2.21. The summed E-state index contributed by atoms with van der Waals surface area (Å²) in [4.78, 5) is 14.5. The average molecular weight is 325 g/mol. The smallest absolute Gasteiger partial charge is 0.176 e. The molecule has 0 heterocycles. The Hall–Kier alpha value is -2.13.